The molecular formula is C11H16ClNO. The fraction of sp³-hybridized carbons (Fsp3) is 0.545. The van der Waals surface area contributed by atoms with Crippen molar-refractivity contribution in [1.29, 1.82) is 0 Å². The van der Waals surface area contributed by atoms with Gasteiger partial charge in [0.1, 0.15) is 0 Å². The number of rotatable bonds is 4. The van der Waals surface area contributed by atoms with Crippen LogP contribution >= 0.6 is 11.6 Å². The molecule has 1 aromatic rings. The normalized spacial score (nSPS) is 15.1. The van der Waals surface area contributed by atoms with Gasteiger partial charge >= 0.3 is 0 Å². The van der Waals surface area contributed by atoms with Crippen molar-refractivity contribution in [2.75, 3.05) is 6.61 Å². The molecule has 0 aliphatic heterocycles. The second-order valence-electron chi connectivity index (χ2n) is 3.97. The monoisotopic (exact) mass is 213 g/mol. The zero-order chi connectivity index (χ0) is 10.6. The summed E-state index contributed by atoms with van der Waals surface area (Å²) < 4.78 is 0. The Morgan fingerprint density at radius 1 is 1.57 bits per heavy atom. The van der Waals surface area contributed by atoms with Gasteiger partial charge in [0.05, 0.1) is 5.02 Å². The lowest BCUT2D eigenvalue weighted by Crippen LogP contribution is -2.23. The predicted molar refractivity (Wildman–Crippen MR) is 58.4 cm³/mol. The van der Waals surface area contributed by atoms with Gasteiger partial charge in [0, 0.05) is 19.0 Å². The van der Waals surface area contributed by atoms with Crippen LogP contribution in [-0.4, -0.2) is 16.7 Å². The van der Waals surface area contributed by atoms with Gasteiger partial charge in [-0.1, -0.05) is 25.4 Å². The molecule has 2 nitrogen and oxygen atoms in total. The van der Waals surface area contributed by atoms with E-state index >= 15 is 0 Å². The molecule has 0 aliphatic rings. The van der Waals surface area contributed by atoms with Crippen molar-refractivity contribution in [3.63, 3.8) is 0 Å². The molecule has 0 aromatic carbocycles. The van der Waals surface area contributed by atoms with Crippen molar-refractivity contribution in [3.8, 4) is 0 Å². The molecule has 1 rings (SSSR count). The maximum atomic E-state index is 9.28. The van der Waals surface area contributed by atoms with Crippen LogP contribution in [0.1, 0.15) is 25.8 Å². The lowest BCUT2D eigenvalue weighted by molar-refractivity contribution is 0.138. The van der Waals surface area contributed by atoms with Gasteiger partial charge in [0.25, 0.3) is 0 Å². The Morgan fingerprint density at radius 2 is 2.29 bits per heavy atom. The zero-order valence-corrected chi connectivity index (χ0v) is 9.38. The van der Waals surface area contributed by atoms with E-state index in [1.54, 1.807) is 12.4 Å². The molecule has 0 amide bonds. The third kappa shape index (κ3) is 2.69. The van der Waals surface area contributed by atoms with Gasteiger partial charge in [-0.2, -0.15) is 0 Å². The molecule has 1 unspecified atom stereocenters. The van der Waals surface area contributed by atoms with Gasteiger partial charge in [-0.3, -0.25) is 4.98 Å². The molecule has 0 saturated heterocycles. The first-order valence-corrected chi connectivity index (χ1v) is 5.18. The molecule has 0 radical (unpaired) electrons. The minimum atomic E-state index is -0.0784. The predicted octanol–water partition coefficient (Wildman–Crippen LogP) is 2.69. The largest absolute Gasteiger partial charge is 0.396 e. The van der Waals surface area contributed by atoms with Crippen molar-refractivity contribution in [3.05, 3.63) is 29.0 Å². The van der Waals surface area contributed by atoms with Gasteiger partial charge < -0.3 is 5.11 Å². The van der Waals surface area contributed by atoms with E-state index in [-0.39, 0.29) is 12.0 Å². The lowest BCUT2D eigenvalue weighted by atomic mass is 9.82. The number of aliphatic hydroxyl groups excluding tert-OH is 1. The molecule has 78 valence electrons. The first kappa shape index (κ1) is 11.5. The fourth-order valence-corrected chi connectivity index (χ4v) is 1.49. The summed E-state index contributed by atoms with van der Waals surface area (Å²) in [4.78, 5) is 3.93. The molecule has 1 atom stereocenters. The van der Waals surface area contributed by atoms with Gasteiger partial charge in [0.15, 0.2) is 0 Å². The van der Waals surface area contributed by atoms with Crippen molar-refractivity contribution in [2.24, 2.45) is 5.41 Å². The Balaban J connectivity index is 2.82. The minimum absolute atomic E-state index is 0.0784. The Hall–Kier alpha value is -0.600. The molecule has 0 spiro atoms. The van der Waals surface area contributed by atoms with Crippen LogP contribution in [0.2, 0.25) is 5.02 Å². The molecule has 0 saturated carbocycles. The first-order chi connectivity index (χ1) is 6.61. The number of hydrogen-bond acceptors (Lipinski definition) is 2. The Kier molecular flexibility index (Phi) is 3.90. The van der Waals surface area contributed by atoms with Crippen LogP contribution in [0.25, 0.3) is 0 Å². The summed E-state index contributed by atoms with van der Waals surface area (Å²) >= 11 is 6.00. The average Bonchev–Trinajstić information content (AvgIpc) is 2.21. The molecule has 1 aromatic heterocycles. The molecular weight excluding hydrogens is 198 g/mol. The highest BCUT2D eigenvalue weighted by Crippen LogP contribution is 2.28. The summed E-state index contributed by atoms with van der Waals surface area (Å²) in [5.41, 5.74) is 0.977. The van der Waals surface area contributed by atoms with Gasteiger partial charge in [-0.15, -0.1) is 0 Å². The smallest absolute Gasteiger partial charge is 0.0621 e. The van der Waals surface area contributed by atoms with Crippen molar-refractivity contribution >= 4 is 11.6 Å². The zero-order valence-electron chi connectivity index (χ0n) is 8.63. The molecule has 1 N–H and O–H groups in total. The van der Waals surface area contributed by atoms with Crippen LogP contribution < -0.4 is 0 Å². The second-order valence-corrected chi connectivity index (χ2v) is 4.37. The topological polar surface area (TPSA) is 33.1 Å². The van der Waals surface area contributed by atoms with Gasteiger partial charge in [0.2, 0.25) is 0 Å². The maximum absolute atomic E-state index is 9.28. The van der Waals surface area contributed by atoms with E-state index in [1.807, 2.05) is 6.07 Å². The van der Waals surface area contributed by atoms with E-state index in [0.717, 1.165) is 18.4 Å². The molecule has 14 heavy (non-hydrogen) atoms. The standard InChI is InChI=1S/C11H16ClNO/c1-3-11(2,8-14)6-9-4-5-13-7-10(9)12/h4-5,7,14H,3,6,8H2,1-2H3. The van der Waals surface area contributed by atoms with E-state index in [0.29, 0.717) is 5.02 Å². The highest BCUT2D eigenvalue weighted by molar-refractivity contribution is 6.31. The van der Waals surface area contributed by atoms with Crippen LogP contribution in [0.15, 0.2) is 18.5 Å². The fourth-order valence-electron chi connectivity index (χ4n) is 1.30. The van der Waals surface area contributed by atoms with Gasteiger partial charge in [-0.25, -0.2) is 0 Å². The number of aromatic nitrogens is 1. The molecule has 0 fully saturated rings. The van der Waals surface area contributed by atoms with E-state index in [4.69, 9.17) is 11.6 Å². The van der Waals surface area contributed by atoms with E-state index < -0.39 is 0 Å². The number of aliphatic hydroxyl groups is 1. The number of nitrogens with zero attached hydrogens (tertiary/aromatic N) is 1. The van der Waals surface area contributed by atoms with Crippen LogP contribution in [0.4, 0.5) is 0 Å². The highest BCUT2D eigenvalue weighted by Gasteiger charge is 2.22. The Labute approximate surface area is 89.9 Å². The van der Waals surface area contributed by atoms with Crippen LogP contribution in [-0.2, 0) is 6.42 Å². The van der Waals surface area contributed by atoms with E-state index in [2.05, 4.69) is 18.8 Å². The quantitative estimate of drug-likeness (QED) is 0.835. The summed E-state index contributed by atoms with van der Waals surface area (Å²) in [5.74, 6) is 0. The van der Waals surface area contributed by atoms with E-state index in [1.165, 1.54) is 0 Å². The summed E-state index contributed by atoms with van der Waals surface area (Å²) in [6.07, 6.45) is 5.10. The highest BCUT2D eigenvalue weighted by atomic mass is 35.5. The van der Waals surface area contributed by atoms with Gasteiger partial charge in [-0.05, 0) is 29.9 Å². The third-order valence-electron chi connectivity index (χ3n) is 2.71. The first-order valence-electron chi connectivity index (χ1n) is 4.80. The SMILES string of the molecule is CCC(C)(CO)Cc1ccncc1Cl. The van der Waals surface area contributed by atoms with Crippen LogP contribution in [0.5, 0.6) is 0 Å². The molecule has 1 heterocycles. The summed E-state index contributed by atoms with van der Waals surface area (Å²) in [6.45, 7) is 4.32. The summed E-state index contributed by atoms with van der Waals surface area (Å²) in [5, 5.41) is 9.96. The minimum Gasteiger partial charge on any atom is -0.396 e. The number of pyridine rings is 1. The molecule has 0 aliphatic carbocycles. The molecule has 3 heteroatoms. The Morgan fingerprint density at radius 3 is 2.79 bits per heavy atom. The number of halogens is 1. The van der Waals surface area contributed by atoms with Crippen molar-refractivity contribution in [1.82, 2.24) is 4.98 Å². The second kappa shape index (κ2) is 4.76. The lowest BCUT2D eigenvalue weighted by Gasteiger charge is -2.25. The Bertz CT molecular complexity index is 297. The number of hydrogen-bond donors (Lipinski definition) is 1. The van der Waals surface area contributed by atoms with Crippen molar-refractivity contribution in [2.45, 2.75) is 26.7 Å². The summed E-state index contributed by atoms with van der Waals surface area (Å²) in [6, 6.07) is 1.91. The average molecular weight is 214 g/mol. The maximum Gasteiger partial charge on any atom is 0.0621 e. The third-order valence-corrected chi connectivity index (χ3v) is 3.05. The molecule has 0 bridgehead atoms. The van der Waals surface area contributed by atoms with Crippen LogP contribution in [0, 0.1) is 5.41 Å². The van der Waals surface area contributed by atoms with E-state index in [9.17, 15) is 5.11 Å². The van der Waals surface area contributed by atoms with Crippen molar-refractivity contribution < 1.29 is 5.11 Å². The van der Waals surface area contributed by atoms with Crippen LogP contribution in [0.3, 0.4) is 0 Å². The summed E-state index contributed by atoms with van der Waals surface area (Å²) in [7, 11) is 0.